The third-order valence-electron chi connectivity index (χ3n) is 4.41. The summed E-state index contributed by atoms with van der Waals surface area (Å²) in [5.74, 6) is -0.446. The molecular weight excluding hydrogens is 393 g/mol. The van der Waals surface area contributed by atoms with Gasteiger partial charge in [0.05, 0.1) is 10.8 Å². The van der Waals surface area contributed by atoms with Crippen LogP contribution < -0.4 is 15.0 Å². The second kappa shape index (κ2) is 8.33. The first-order valence-corrected chi connectivity index (χ1v) is 8.73. The molecular formula is C18H17F3N4O4. The zero-order valence-corrected chi connectivity index (χ0v) is 15.1. The van der Waals surface area contributed by atoms with E-state index in [1.807, 2.05) is 4.90 Å². The third kappa shape index (κ3) is 5.56. The SMILES string of the molecule is O=C(Nc1ccc(OC(F)(F)F)cc1)[C@@H]1CCCN(c2ccc([N+](=O)[O-])cn2)C1. The van der Waals surface area contributed by atoms with Crippen LogP contribution in [0.5, 0.6) is 5.75 Å². The lowest BCUT2D eigenvalue weighted by Gasteiger charge is -2.32. The normalized spacial score (nSPS) is 16.9. The number of piperidine rings is 1. The van der Waals surface area contributed by atoms with E-state index in [9.17, 15) is 28.1 Å². The fourth-order valence-corrected chi connectivity index (χ4v) is 3.06. The average Bonchev–Trinajstić information content (AvgIpc) is 2.68. The number of hydrogen-bond donors (Lipinski definition) is 1. The number of anilines is 2. The van der Waals surface area contributed by atoms with Crippen LogP contribution >= 0.6 is 0 Å². The number of alkyl halides is 3. The molecule has 0 saturated carbocycles. The molecule has 8 nitrogen and oxygen atoms in total. The second-order valence-electron chi connectivity index (χ2n) is 6.48. The van der Waals surface area contributed by atoms with E-state index in [2.05, 4.69) is 15.0 Å². The summed E-state index contributed by atoms with van der Waals surface area (Å²) >= 11 is 0. The van der Waals surface area contributed by atoms with Crippen molar-refractivity contribution in [1.82, 2.24) is 4.98 Å². The molecule has 1 saturated heterocycles. The number of benzene rings is 1. The molecule has 2 heterocycles. The Hall–Kier alpha value is -3.37. The Labute approximate surface area is 163 Å². The van der Waals surface area contributed by atoms with Gasteiger partial charge in [0, 0.05) is 24.8 Å². The molecule has 1 N–H and O–H groups in total. The number of nitrogens with zero attached hydrogens (tertiary/aromatic N) is 3. The van der Waals surface area contributed by atoms with Crippen LogP contribution in [0.1, 0.15) is 12.8 Å². The largest absolute Gasteiger partial charge is 0.573 e. The number of pyridine rings is 1. The second-order valence-corrected chi connectivity index (χ2v) is 6.48. The Kier molecular flexibility index (Phi) is 5.85. The van der Waals surface area contributed by atoms with Crippen molar-refractivity contribution in [2.75, 3.05) is 23.3 Å². The highest BCUT2D eigenvalue weighted by molar-refractivity contribution is 5.93. The number of carbonyl (C=O) groups excluding carboxylic acids is 1. The molecule has 1 aromatic heterocycles. The lowest BCUT2D eigenvalue weighted by molar-refractivity contribution is -0.385. The highest BCUT2D eigenvalue weighted by atomic mass is 19.4. The maximum Gasteiger partial charge on any atom is 0.573 e. The van der Waals surface area contributed by atoms with E-state index in [-0.39, 0.29) is 23.3 Å². The first kappa shape index (κ1) is 20.4. The molecule has 2 aromatic rings. The van der Waals surface area contributed by atoms with Gasteiger partial charge in [0.2, 0.25) is 5.91 Å². The number of nitro groups is 1. The summed E-state index contributed by atoms with van der Waals surface area (Å²) in [6.07, 6.45) is -2.23. The van der Waals surface area contributed by atoms with E-state index < -0.39 is 11.3 Å². The summed E-state index contributed by atoms with van der Waals surface area (Å²) in [4.78, 5) is 28.7. The van der Waals surface area contributed by atoms with Crippen molar-refractivity contribution in [3.05, 3.63) is 52.7 Å². The maximum absolute atomic E-state index is 12.5. The molecule has 0 spiro atoms. The minimum absolute atomic E-state index is 0.113. The number of carbonyl (C=O) groups is 1. The van der Waals surface area contributed by atoms with Gasteiger partial charge in [-0.1, -0.05) is 0 Å². The molecule has 154 valence electrons. The van der Waals surface area contributed by atoms with Gasteiger partial charge in [0.1, 0.15) is 17.8 Å². The Morgan fingerprint density at radius 2 is 1.97 bits per heavy atom. The van der Waals surface area contributed by atoms with Crippen LogP contribution in [0.2, 0.25) is 0 Å². The van der Waals surface area contributed by atoms with Crippen LogP contribution in [-0.4, -0.2) is 35.3 Å². The van der Waals surface area contributed by atoms with E-state index >= 15 is 0 Å². The number of halogens is 3. The minimum Gasteiger partial charge on any atom is -0.406 e. The van der Waals surface area contributed by atoms with Gasteiger partial charge in [-0.3, -0.25) is 14.9 Å². The smallest absolute Gasteiger partial charge is 0.406 e. The maximum atomic E-state index is 12.5. The van der Waals surface area contributed by atoms with Gasteiger partial charge in [-0.2, -0.15) is 0 Å². The molecule has 0 aliphatic carbocycles. The summed E-state index contributed by atoms with van der Waals surface area (Å²) in [6.45, 7) is 1.05. The summed E-state index contributed by atoms with van der Waals surface area (Å²) in [6, 6.07) is 7.80. The highest BCUT2D eigenvalue weighted by Gasteiger charge is 2.31. The van der Waals surface area contributed by atoms with E-state index in [0.717, 1.165) is 18.6 Å². The van der Waals surface area contributed by atoms with E-state index in [1.54, 1.807) is 0 Å². The third-order valence-corrected chi connectivity index (χ3v) is 4.41. The monoisotopic (exact) mass is 410 g/mol. The standard InChI is InChI=1S/C18H17F3N4O4/c19-18(20,21)29-15-6-3-13(4-7-15)23-17(26)12-2-1-9-24(11-12)16-8-5-14(10-22-16)25(27)28/h3-8,10,12H,1-2,9,11H2,(H,23,26)/t12-/m1/s1. The molecule has 1 aromatic carbocycles. The zero-order valence-electron chi connectivity index (χ0n) is 15.1. The molecule has 0 radical (unpaired) electrons. The van der Waals surface area contributed by atoms with Gasteiger partial charge < -0.3 is 15.0 Å². The van der Waals surface area contributed by atoms with Crippen molar-refractivity contribution in [3.8, 4) is 5.75 Å². The predicted molar refractivity (Wildman–Crippen MR) is 97.6 cm³/mol. The van der Waals surface area contributed by atoms with Crippen molar-refractivity contribution in [1.29, 1.82) is 0 Å². The summed E-state index contributed by atoms with van der Waals surface area (Å²) in [5.41, 5.74) is 0.244. The average molecular weight is 410 g/mol. The van der Waals surface area contributed by atoms with Crippen LogP contribution in [-0.2, 0) is 4.79 Å². The van der Waals surface area contributed by atoms with Crippen molar-refractivity contribution >= 4 is 23.1 Å². The topological polar surface area (TPSA) is 97.6 Å². The lowest BCUT2D eigenvalue weighted by Crippen LogP contribution is -2.41. The van der Waals surface area contributed by atoms with Crippen molar-refractivity contribution in [3.63, 3.8) is 0 Å². The van der Waals surface area contributed by atoms with Crippen LogP contribution in [0.3, 0.4) is 0 Å². The summed E-state index contributed by atoms with van der Waals surface area (Å²) in [7, 11) is 0. The molecule has 29 heavy (non-hydrogen) atoms. The van der Waals surface area contributed by atoms with Gasteiger partial charge in [-0.15, -0.1) is 13.2 Å². The summed E-state index contributed by atoms with van der Waals surface area (Å²) < 4.78 is 40.4. The Morgan fingerprint density at radius 3 is 2.55 bits per heavy atom. The van der Waals surface area contributed by atoms with Gasteiger partial charge in [-0.05, 0) is 43.2 Å². The molecule has 1 fully saturated rings. The van der Waals surface area contributed by atoms with Crippen molar-refractivity contribution < 1.29 is 27.6 Å². The van der Waals surface area contributed by atoms with Gasteiger partial charge in [-0.25, -0.2) is 4.98 Å². The predicted octanol–water partition coefficient (Wildman–Crippen LogP) is 3.74. The molecule has 1 aliphatic heterocycles. The van der Waals surface area contributed by atoms with E-state index in [1.165, 1.54) is 30.5 Å². The van der Waals surface area contributed by atoms with Crippen LogP contribution in [0.25, 0.3) is 0 Å². The minimum atomic E-state index is -4.78. The first-order chi connectivity index (χ1) is 13.7. The number of amides is 1. The van der Waals surface area contributed by atoms with Crippen LogP contribution in [0.4, 0.5) is 30.4 Å². The number of rotatable bonds is 5. The molecule has 1 amide bonds. The van der Waals surface area contributed by atoms with Gasteiger partial charge in [0.15, 0.2) is 0 Å². The number of hydrogen-bond acceptors (Lipinski definition) is 6. The van der Waals surface area contributed by atoms with E-state index in [0.29, 0.717) is 31.0 Å². The van der Waals surface area contributed by atoms with Crippen LogP contribution in [0, 0.1) is 16.0 Å². The fraction of sp³-hybridized carbons (Fsp3) is 0.333. The lowest BCUT2D eigenvalue weighted by atomic mass is 9.97. The van der Waals surface area contributed by atoms with Crippen LogP contribution in [0.15, 0.2) is 42.6 Å². The number of ether oxygens (including phenoxy) is 1. The number of aromatic nitrogens is 1. The number of nitrogens with one attached hydrogen (secondary N) is 1. The molecule has 11 heteroatoms. The Balaban J connectivity index is 1.60. The quantitative estimate of drug-likeness (QED) is 0.596. The molecule has 0 bridgehead atoms. The zero-order chi connectivity index (χ0) is 21.0. The molecule has 1 atom stereocenters. The first-order valence-electron chi connectivity index (χ1n) is 8.73. The molecule has 0 unspecified atom stereocenters. The highest BCUT2D eigenvalue weighted by Crippen LogP contribution is 2.26. The fourth-order valence-electron chi connectivity index (χ4n) is 3.06. The van der Waals surface area contributed by atoms with Crippen molar-refractivity contribution in [2.45, 2.75) is 19.2 Å². The van der Waals surface area contributed by atoms with Crippen molar-refractivity contribution in [2.24, 2.45) is 5.92 Å². The Bertz CT molecular complexity index is 872. The van der Waals surface area contributed by atoms with E-state index in [4.69, 9.17) is 0 Å². The van der Waals surface area contributed by atoms with Gasteiger partial charge >= 0.3 is 6.36 Å². The summed E-state index contributed by atoms with van der Waals surface area (Å²) in [5, 5.41) is 13.4. The molecule has 1 aliphatic rings. The molecule has 3 rings (SSSR count). The van der Waals surface area contributed by atoms with Gasteiger partial charge in [0.25, 0.3) is 5.69 Å². The Morgan fingerprint density at radius 1 is 1.24 bits per heavy atom.